The minimum absolute atomic E-state index is 0.464. The summed E-state index contributed by atoms with van der Waals surface area (Å²) in [6, 6.07) is 11.0. The van der Waals surface area contributed by atoms with Crippen LogP contribution in [0.5, 0.6) is 0 Å². The van der Waals surface area contributed by atoms with Gasteiger partial charge < -0.3 is 4.90 Å². The van der Waals surface area contributed by atoms with E-state index in [9.17, 15) is 0 Å². The molecule has 82 valence electrons. The summed E-state index contributed by atoms with van der Waals surface area (Å²) in [5.74, 6) is 0. The zero-order valence-corrected chi connectivity index (χ0v) is 9.87. The zero-order valence-electron chi connectivity index (χ0n) is 9.87. The van der Waals surface area contributed by atoms with E-state index in [0.717, 1.165) is 0 Å². The van der Waals surface area contributed by atoms with Gasteiger partial charge in [-0.15, -0.1) is 0 Å². The van der Waals surface area contributed by atoms with Crippen molar-refractivity contribution >= 4 is 0 Å². The summed E-state index contributed by atoms with van der Waals surface area (Å²) >= 11 is 0. The van der Waals surface area contributed by atoms with Crippen molar-refractivity contribution in [1.29, 1.82) is 0 Å². The highest BCUT2D eigenvalue weighted by Gasteiger charge is 2.42. The van der Waals surface area contributed by atoms with E-state index in [-0.39, 0.29) is 0 Å². The van der Waals surface area contributed by atoms with E-state index in [1.807, 2.05) is 0 Å². The molecule has 15 heavy (non-hydrogen) atoms. The van der Waals surface area contributed by atoms with E-state index in [1.54, 1.807) is 0 Å². The predicted molar refractivity (Wildman–Crippen MR) is 65.1 cm³/mol. The van der Waals surface area contributed by atoms with E-state index in [1.165, 1.54) is 38.0 Å². The Kier molecular flexibility index (Phi) is 3.11. The lowest BCUT2D eigenvalue weighted by molar-refractivity contribution is 0.0629. The number of hydrogen-bond acceptors (Lipinski definition) is 1. The highest BCUT2D eigenvalue weighted by molar-refractivity contribution is 5.29. The molecule has 0 saturated carbocycles. The Morgan fingerprint density at radius 1 is 1.13 bits per heavy atom. The van der Waals surface area contributed by atoms with Crippen molar-refractivity contribution in [3.8, 4) is 0 Å². The van der Waals surface area contributed by atoms with E-state index < -0.39 is 0 Å². The van der Waals surface area contributed by atoms with Crippen molar-refractivity contribution < 1.29 is 0 Å². The summed E-state index contributed by atoms with van der Waals surface area (Å²) in [5.41, 5.74) is 2.00. The van der Waals surface area contributed by atoms with E-state index in [0.29, 0.717) is 5.41 Å². The second-order valence-corrected chi connectivity index (χ2v) is 4.70. The predicted octanol–water partition coefficient (Wildman–Crippen LogP) is 3.06. The molecule has 0 spiro atoms. The lowest BCUT2D eigenvalue weighted by atomic mass is 9.70. The van der Waals surface area contributed by atoms with Crippen molar-refractivity contribution in [2.75, 3.05) is 19.6 Å². The van der Waals surface area contributed by atoms with E-state index >= 15 is 0 Å². The third-order valence-electron chi connectivity index (χ3n) is 3.61. The molecule has 0 radical (unpaired) electrons. The monoisotopic (exact) mass is 203 g/mol. The number of likely N-dealkylation sites (tertiary alicyclic amines) is 1. The molecular formula is C14H21N. The molecule has 1 aliphatic rings. The largest absolute Gasteiger partial charge is 0.302 e. The topological polar surface area (TPSA) is 3.24 Å². The van der Waals surface area contributed by atoms with Gasteiger partial charge in [-0.1, -0.05) is 50.6 Å². The summed E-state index contributed by atoms with van der Waals surface area (Å²) in [7, 11) is 0. The average molecular weight is 203 g/mol. The average Bonchev–Trinajstić information content (AvgIpc) is 2.24. The van der Waals surface area contributed by atoms with Crippen LogP contribution in [0.1, 0.15) is 32.3 Å². The maximum Gasteiger partial charge on any atom is 0.0207 e. The Morgan fingerprint density at radius 3 is 2.33 bits per heavy atom. The van der Waals surface area contributed by atoms with Crippen LogP contribution in [-0.2, 0) is 5.41 Å². The molecule has 1 heteroatoms. The SMILES string of the molecule is CCCC1(c2ccccc2)CN(CC)C1. The van der Waals surface area contributed by atoms with Gasteiger partial charge in [0.2, 0.25) is 0 Å². The second kappa shape index (κ2) is 4.36. The summed E-state index contributed by atoms with van der Waals surface area (Å²) in [4.78, 5) is 2.53. The molecule has 1 aromatic carbocycles. The molecule has 0 unspecified atom stereocenters. The smallest absolute Gasteiger partial charge is 0.0207 e. The first-order chi connectivity index (χ1) is 7.30. The van der Waals surface area contributed by atoms with Gasteiger partial charge in [-0.2, -0.15) is 0 Å². The molecule has 0 N–H and O–H groups in total. The second-order valence-electron chi connectivity index (χ2n) is 4.70. The number of hydrogen-bond donors (Lipinski definition) is 0. The van der Waals surface area contributed by atoms with Crippen LogP contribution in [0.25, 0.3) is 0 Å². The van der Waals surface area contributed by atoms with Crippen LogP contribution in [0.2, 0.25) is 0 Å². The van der Waals surface area contributed by atoms with Crippen LogP contribution in [-0.4, -0.2) is 24.5 Å². The van der Waals surface area contributed by atoms with Crippen LogP contribution < -0.4 is 0 Å². The van der Waals surface area contributed by atoms with E-state index in [4.69, 9.17) is 0 Å². The van der Waals surface area contributed by atoms with Gasteiger partial charge in [0.15, 0.2) is 0 Å². The first-order valence-electron chi connectivity index (χ1n) is 6.08. The van der Waals surface area contributed by atoms with Crippen LogP contribution in [0.15, 0.2) is 30.3 Å². The fourth-order valence-electron chi connectivity index (χ4n) is 2.79. The Bertz CT molecular complexity index is 298. The van der Waals surface area contributed by atoms with E-state index in [2.05, 4.69) is 49.1 Å². The molecule has 1 nitrogen and oxygen atoms in total. The Hall–Kier alpha value is -0.820. The highest BCUT2D eigenvalue weighted by atomic mass is 15.2. The number of rotatable bonds is 4. The third kappa shape index (κ3) is 1.93. The van der Waals surface area contributed by atoms with Gasteiger partial charge in [0, 0.05) is 18.5 Å². The molecule has 0 amide bonds. The minimum Gasteiger partial charge on any atom is -0.302 e. The normalized spacial score (nSPS) is 19.9. The lowest BCUT2D eigenvalue weighted by Gasteiger charge is -2.50. The van der Waals surface area contributed by atoms with Gasteiger partial charge in [-0.05, 0) is 18.5 Å². The van der Waals surface area contributed by atoms with Crippen molar-refractivity contribution in [1.82, 2.24) is 4.90 Å². The molecule has 0 aliphatic carbocycles. The van der Waals surface area contributed by atoms with Crippen molar-refractivity contribution in [3.05, 3.63) is 35.9 Å². The van der Waals surface area contributed by atoms with Gasteiger partial charge in [0.1, 0.15) is 0 Å². The molecule has 0 bridgehead atoms. The molecule has 1 saturated heterocycles. The van der Waals surface area contributed by atoms with Gasteiger partial charge >= 0.3 is 0 Å². The molecule has 1 heterocycles. The molecule has 0 atom stereocenters. The van der Waals surface area contributed by atoms with Crippen LogP contribution in [0.4, 0.5) is 0 Å². The van der Waals surface area contributed by atoms with Crippen LogP contribution >= 0.6 is 0 Å². The zero-order chi connectivity index (χ0) is 10.7. The standard InChI is InChI=1S/C14H21N/c1-3-10-14(11-15(4-2)12-14)13-8-6-5-7-9-13/h5-9H,3-4,10-12H2,1-2H3. The van der Waals surface area contributed by atoms with Crippen LogP contribution in [0, 0.1) is 0 Å². The number of nitrogens with zero attached hydrogens (tertiary/aromatic N) is 1. The Balaban J connectivity index is 2.15. The van der Waals surface area contributed by atoms with Crippen molar-refractivity contribution in [2.24, 2.45) is 0 Å². The molecule has 2 rings (SSSR count). The third-order valence-corrected chi connectivity index (χ3v) is 3.61. The molecule has 1 aliphatic heterocycles. The molecule has 0 aromatic heterocycles. The molecular weight excluding hydrogens is 182 g/mol. The minimum atomic E-state index is 0.464. The fraction of sp³-hybridized carbons (Fsp3) is 0.571. The maximum absolute atomic E-state index is 2.53. The van der Waals surface area contributed by atoms with Crippen molar-refractivity contribution in [2.45, 2.75) is 32.1 Å². The molecule has 1 fully saturated rings. The summed E-state index contributed by atoms with van der Waals surface area (Å²) < 4.78 is 0. The van der Waals surface area contributed by atoms with Crippen LogP contribution in [0.3, 0.4) is 0 Å². The first kappa shape index (κ1) is 10.7. The fourth-order valence-corrected chi connectivity index (χ4v) is 2.79. The molecule has 1 aromatic rings. The highest BCUT2D eigenvalue weighted by Crippen LogP contribution is 2.38. The summed E-state index contributed by atoms with van der Waals surface area (Å²) in [6.45, 7) is 8.24. The van der Waals surface area contributed by atoms with Gasteiger partial charge in [-0.3, -0.25) is 0 Å². The van der Waals surface area contributed by atoms with Crippen molar-refractivity contribution in [3.63, 3.8) is 0 Å². The maximum atomic E-state index is 2.53. The lowest BCUT2D eigenvalue weighted by Crippen LogP contribution is -2.58. The Morgan fingerprint density at radius 2 is 1.80 bits per heavy atom. The first-order valence-corrected chi connectivity index (χ1v) is 6.08. The quantitative estimate of drug-likeness (QED) is 0.727. The summed E-state index contributed by atoms with van der Waals surface area (Å²) in [6.07, 6.45) is 2.61. The van der Waals surface area contributed by atoms with Gasteiger partial charge in [-0.25, -0.2) is 0 Å². The van der Waals surface area contributed by atoms with Gasteiger partial charge in [0.05, 0.1) is 0 Å². The Labute approximate surface area is 93.1 Å². The number of likely N-dealkylation sites (N-methyl/N-ethyl adjacent to an activating group) is 1. The van der Waals surface area contributed by atoms with Gasteiger partial charge in [0.25, 0.3) is 0 Å². The number of benzene rings is 1. The summed E-state index contributed by atoms with van der Waals surface area (Å²) in [5, 5.41) is 0.